The lowest BCUT2D eigenvalue weighted by molar-refractivity contribution is -0.150. The van der Waals surface area contributed by atoms with Crippen molar-refractivity contribution in [3.63, 3.8) is 0 Å². The molecule has 4 heteroatoms. The Bertz CT molecular complexity index is 453. The van der Waals surface area contributed by atoms with E-state index in [0.717, 1.165) is 12.0 Å². The van der Waals surface area contributed by atoms with Gasteiger partial charge in [0.05, 0.1) is 6.61 Å². The van der Waals surface area contributed by atoms with E-state index in [9.17, 15) is 9.59 Å². The first-order chi connectivity index (χ1) is 10.5. The molecule has 0 aliphatic carbocycles. The van der Waals surface area contributed by atoms with Gasteiger partial charge in [-0.3, -0.25) is 9.59 Å². The minimum Gasteiger partial charge on any atom is -0.465 e. The van der Waals surface area contributed by atoms with Crippen LogP contribution in [0.25, 0.3) is 0 Å². The van der Waals surface area contributed by atoms with Crippen LogP contribution in [0.1, 0.15) is 58.1 Å². The molecular formula is C18H26O4. The van der Waals surface area contributed by atoms with Crippen LogP contribution in [0.3, 0.4) is 0 Å². The zero-order valence-corrected chi connectivity index (χ0v) is 13.7. The third kappa shape index (κ3) is 7.25. The van der Waals surface area contributed by atoms with Gasteiger partial charge >= 0.3 is 11.9 Å². The van der Waals surface area contributed by atoms with Crippen LogP contribution in [-0.2, 0) is 19.1 Å². The molecule has 0 aliphatic heterocycles. The van der Waals surface area contributed by atoms with Crippen molar-refractivity contribution in [1.82, 2.24) is 0 Å². The first kappa shape index (κ1) is 18.2. The molecule has 1 unspecified atom stereocenters. The number of benzene rings is 1. The summed E-state index contributed by atoms with van der Waals surface area (Å²) in [4.78, 5) is 23.3. The lowest BCUT2D eigenvalue weighted by atomic mass is 10.1. The van der Waals surface area contributed by atoms with E-state index in [1.807, 2.05) is 51.1 Å². The molecular weight excluding hydrogens is 280 g/mol. The second-order valence-corrected chi connectivity index (χ2v) is 5.73. The molecule has 0 bridgehead atoms. The molecule has 0 N–H and O–H groups in total. The molecule has 0 saturated carbocycles. The lowest BCUT2D eigenvalue weighted by Crippen LogP contribution is -2.13. The number of hydrogen-bond donors (Lipinski definition) is 0. The molecule has 1 aromatic rings. The Morgan fingerprint density at radius 2 is 1.68 bits per heavy atom. The average Bonchev–Trinajstić information content (AvgIpc) is 2.51. The maximum Gasteiger partial charge on any atom is 0.306 e. The van der Waals surface area contributed by atoms with Crippen LogP contribution >= 0.6 is 0 Å². The van der Waals surface area contributed by atoms with Crippen molar-refractivity contribution in [2.45, 2.75) is 52.6 Å². The molecule has 1 aromatic carbocycles. The van der Waals surface area contributed by atoms with Crippen molar-refractivity contribution in [3.05, 3.63) is 35.9 Å². The molecule has 1 atom stereocenters. The molecule has 122 valence electrons. The highest BCUT2D eigenvalue weighted by molar-refractivity contribution is 5.72. The molecule has 22 heavy (non-hydrogen) atoms. The minimum absolute atomic E-state index is 0.221. The van der Waals surface area contributed by atoms with Crippen molar-refractivity contribution in [1.29, 1.82) is 0 Å². The molecule has 0 aliphatic rings. The van der Waals surface area contributed by atoms with Crippen LogP contribution in [0.2, 0.25) is 0 Å². The fourth-order valence-corrected chi connectivity index (χ4v) is 1.98. The Morgan fingerprint density at radius 1 is 1.05 bits per heavy atom. The standard InChI is InChI=1S/C18H26O4/c1-4-16(15-9-6-5-7-10-15)22-18(20)12-8-11-17(19)21-13-14(2)3/h5-7,9-10,14,16H,4,8,11-13H2,1-3H3. The molecule has 0 radical (unpaired) electrons. The molecule has 0 saturated heterocycles. The summed E-state index contributed by atoms with van der Waals surface area (Å²) in [5, 5.41) is 0. The number of ether oxygens (including phenoxy) is 2. The van der Waals surface area contributed by atoms with Crippen LogP contribution in [0.15, 0.2) is 30.3 Å². The Morgan fingerprint density at radius 3 is 2.27 bits per heavy atom. The fraction of sp³-hybridized carbons (Fsp3) is 0.556. The number of rotatable bonds is 9. The minimum atomic E-state index is -0.271. The Balaban J connectivity index is 2.29. The van der Waals surface area contributed by atoms with Crippen LogP contribution in [0.4, 0.5) is 0 Å². The molecule has 0 aromatic heterocycles. The number of hydrogen-bond acceptors (Lipinski definition) is 4. The van der Waals surface area contributed by atoms with Crippen LogP contribution < -0.4 is 0 Å². The van der Waals surface area contributed by atoms with Gasteiger partial charge in [0.1, 0.15) is 6.10 Å². The predicted octanol–water partition coefficient (Wildman–Crippen LogP) is 4.05. The van der Waals surface area contributed by atoms with Gasteiger partial charge < -0.3 is 9.47 Å². The second-order valence-electron chi connectivity index (χ2n) is 5.73. The van der Waals surface area contributed by atoms with Crippen molar-refractivity contribution in [2.75, 3.05) is 6.61 Å². The van der Waals surface area contributed by atoms with E-state index in [0.29, 0.717) is 18.9 Å². The van der Waals surface area contributed by atoms with E-state index in [-0.39, 0.29) is 30.9 Å². The third-order valence-electron chi connectivity index (χ3n) is 3.16. The van der Waals surface area contributed by atoms with Crippen molar-refractivity contribution < 1.29 is 19.1 Å². The van der Waals surface area contributed by atoms with Gasteiger partial charge in [0.25, 0.3) is 0 Å². The van der Waals surface area contributed by atoms with Gasteiger partial charge in [-0.15, -0.1) is 0 Å². The van der Waals surface area contributed by atoms with Crippen molar-refractivity contribution in [2.24, 2.45) is 5.92 Å². The van der Waals surface area contributed by atoms with Gasteiger partial charge in [-0.1, -0.05) is 51.1 Å². The summed E-state index contributed by atoms with van der Waals surface area (Å²) < 4.78 is 10.5. The molecule has 0 amide bonds. The van der Waals surface area contributed by atoms with Gasteiger partial charge in [0.2, 0.25) is 0 Å². The summed E-state index contributed by atoms with van der Waals surface area (Å²) in [5.41, 5.74) is 0.995. The van der Waals surface area contributed by atoms with E-state index < -0.39 is 0 Å². The van der Waals surface area contributed by atoms with E-state index >= 15 is 0 Å². The Kier molecular flexibility index (Phi) is 8.26. The van der Waals surface area contributed by atoms with Crippen LogP contribution in [0.5, 0.6) is 0 Å². The zero-order chi connectivity index (χ0) is 16.4. The smallest absolute Gasteiger partial charge is 0.306 e. The largest absolute Gasteiger partial charge is 0.465 e. The normalized spacial score (nSPS) is 12.0. The van der Waals surface area contributed by atoms with Gasteiger partial charge in [0, 0.05) is 12.8 Å². The molecule has 0 heterocycles. The molecule has 0 spiro atoms. The molecule has 0 fully saturated rings. The van der Waals surface area contributed by atoms with E-state index in [2.05, 4.69) is 0 Å². The van der Waals surface area contributed by atoms with E-state index in [1.54, 1.807) is 0 Å². The quantitative estimate of drug-likeness (QED) is 0.646. The summed E-state index contributed by atoms with van der Waals surface area (Å²) >= 11 is 0. The Hall–Kier alpha value is -1.84. The second kappa shape index (κ2) is 9.98. The monoisotopic (exact) mass is 306 g/mol. The number of esters is 2. The summed E-state index contributed by atoms with van der Waals surface area (Å²) in [5.74, 6) is -0.200. The van der Waals surface area contributed by atoms with E-state index in [4.69, 9.17) is 9.47 Å². The molecule has 1 rings (SSSR count). The van der Waals surface area contributed by atoms with Gasteiger partial charge in [0.15, 0.2) is 0 Å². The number of carbonyl (C=O) groups is 2. The SMILES string of the molecule is CCC(OC(=O)CCCC(=O)OCC(C)C)c1ccccc1. The first-order valence-corrected chi connectivity index (χ1v) is 7.93. The highest BCUT2D eigenvalue weighted by Gasteiger charge is 2.15. The maximum atomic E-state index is 11.9. The molecule has 4 nitrogen and oxygen atoms in total. The van der Waals surface area contributed by atoms with Gasteiger partial charge in [-0.2, -0.15) is 0 Å². The highest BCUT2D eigenvalue weighted by atomic mass is 16.5. The number of carbonyl (C=O) groups excluding carboxylic acids is 2. The van der Waals surface area contributed by atoms with Crippen LogP contribution in [0, 0.1) is 5.92 Å². The van der Waals surface area contributed by atoms with Gasteiger partial charge in [-0.25, -0.2) is 0 Å². The zero-order valence-electron chi connectivity index (χ0n) is 13.7. The highest BCUT2D eigenvalue weighted by Crippen LogP contribution is 2.21. The third-order valence-corrected chi connectivity index (χ3v) is 3.16. The summed E-state index contributed by atoms with van der Waals surface area (Å²) in [6.45, 7) is 6.38. The summed E-state index contributed by atoms with van der Waals surface area (Å²) in [6.07, 6.45) is 1.46. The topological polar surface area (TPSA) is 52.6 Å². The first-order valence-electron chi connectivity index (χ1n) is 7.93. The average molecular weight is 306 g/mol. The van der Waals surface area contributed by atoms with Crippen molar-refractivity contribution >= 4 is 11.9 Å². The van der Waals surface area contributed by atoms with E-state index in [1.165, 1.54) is 0 Å². The Labute approximate surface area is 132 Å². The summed E-state index contributed by atoms with van der Waals surface area (Å²) in [7, 11) is 0. The predicted molar refractivity (Wildman–Crippen MR) is 85.2 cm³/mol. The van der Waals surface area contributed by atoms with Crippen molar-refractivity contribution in [3.8, 4) is 0 Å². The van der Waals surface area contributed by atoms with Gasteiger partial charge in [-0.05, 0) is 24.3 Å². The lowest BCUT2D eigenvalue weighted by Gasteiger charge is -2.16. The maximum absolute atomic E-state index is 11.9. The van der Waals surface area contributed by atoms with Crippen LogP contribution in [-0.4, -0.2) is 18.5 Å². The summed E-state index contributed by atoms with van der Waals surface area (Å²) in [6, 6.07) is 9.68. The fourth-order valence-electron chi connectivity index (χ4n) is 1.98.